The summed E-state index contributed by atoms with van der Waals surface area (Å²) in [6.07, 6.45) is 1.87. The van der Waals surface area contributed by atoms with E-state index in [1.54, 1.807) is 7.05 Å². The number of aliphatic imine (C=N–C) groups is 1. The molecule has 0 radical (unpaired) electrons. The molecule has 1 amide bonds. The number of guanidine groups is 1. The van der Waals surface area contributed by atoms with Gasteiger partial charge in [-0.05, 0) is 36.6 Å². The van der Waals surface area contributed by atoms with E-state index < -0.39 is 0 Å². The van der Waals surface area contributed by atoms with Gasteiger partial charge in [0.05, 0.1) is 13.1 Å². The van der Waals surface area contributed by atoms with E-state index in [1.807, 2.05) is 47.4 Å². The van der Waals surface area contributed by atoms with Crippen molar-refractivity contribution in [2.45, 2.75) is 18.9 Å². The summed E-state index contributed by atoms with van der Waals surface area (Å²) in [7, 11) is 1.68. The highest BCUT2D eigenvalue weighted by Crippen LogP contribution is 2.30. The first-order valence-corrected chi connectivity index (χ1v) is 9.96. The molecule has 1 atom stereocenters. The fourth-order valence-electron chi connectivity index (χ4n) is 3.64. The number of nitrogens with zero attached hydrogens (tertiary/aromatic N) is 2. The van der Waals surface area contributed by atoms with Crippen molar-refractivity contribution in [3.05, 3.63) is 54.1 Å². The van der Waals surface area contributed by atoms with E-state index >= 15 is 0 Å². The third-order valence-electron chi connectivity index (χ3n) is 5.11. The van der Waals surface area contributed by atoms with E-state index in [0.29, 0.717) is 19.1 Å². The largest absolute Gasteiger partial charge is 0.486 e. The van der Waals surface area contributed by atoms with Gasteiger partial charge in [-0.25, -0.2) is 0 Å². The van der Waals surface area contributed by atoms with Crippen LogP contribution in [0.25, 0.3) is 0 Å². The fourth-order valence-corrected chi connectivity index (χ4v) is 3.64. The van der Waals surface area contributed by atoms with Crippen LogP contribution in [-0.4, -0.2) is 51.3 Å². The number of nitrogens with one attached hydrogen (secondary N) is 2. The number of carbonyl (C=O) groups excluding carboxylic acids is 1. The van der Waals surface area contributed by atoms with Crippen LogP contribution in [0.3, 0.4) is 0 Å². The molecule has 0 saturated carbocycles. The number of carbonyl (C=O) groups is 1. The van der Waals surface area contributed by atoms with Gasteiger partial charge in [-0.1, -0.05) is 30.3 Å². The van der Waals surface area contributed by atoms with Crippen LogP contribution in [-0.2, 0) is 11.2 Å². The lowest BCUT2D eigenvalue weighted by Gasteiger charge is -2.30. The number of halogens is 1. The summed E-state index contributed by atoms with van der Waals surface area (Å²) in [5.41, 5.74) is 2.24. The summed E-state index contributed by atoms with van der Waals surface area (Å²) < 4.78 is 11.7. The lowest BCUT2D eigenvalue weighted by molar-refractivity contribution is -0.117. The molecule has 1 unspecified atom stereocenters. The molecule has 2 N–H and O–H groups in total. The first-order valence-electron chi connectivity index (χ1n) is 9.96. The SMILES string of the molecule is CN=C(NCC(=O)N1CCCc2ccccc21)NCC1COc2ccccc2O1.I. The van der Waals surface area contributed by atoms with Crippen LogP contribution >= 0.6 is 24.0 Å². The normalized spacial score (nSPS) is 17.4. The third-order valence-corrected chi connectivity index (χ3v) is 5.11. The molecule has 30 heavy (non-hydrogen) atoms. The Labute approximate surface area is 193 Å². The average Bonchev–Trinajstić information content (AvgIpc) is 2.78. The van der Waals surface area contributed by atoms with Crippen LogP contribution in [0.5, 0.6) is 11.5 Å². The lowest BCUT2D eigenvalue weighted by atomic mass is 10.0. The molecule has 0 bridgehead atoms. The molecule has 7 nitrogen and oxygen atoms in total. The van der Waals surface area contributed by atoms with Gasteiger partial charge in [0, 0.05) is 19.3 Å². The molecule has 0 aliphatic carbocycles. The predicted octanol–water partition coefficient (Wildman–Crippen LogP) is 2.59. The van der Waals surface area contributed by atoms with Gasteiger partial charge in [0.15, 0.2) is 17.5 Å². The summed E-state index contributed by atoms with van der Waals surface area (Å²) in [6, 6.07) is 15.7. The molecular formula is C22H27IN4O3. The van der Waals surface area contributed by atoms with Crippen LogP contribution in [0, 0.1) is 0 Å². The molecule has 8 heteroatoms. The van der Waals surface area contributed by atoms with Crippen molar-refractivity contribution in [1.82, 2.24) is 10.6 Å². The van der Waals surface area contributed by atoms with Gasteiger partial charge in [-0.2, -0.15) is 0 Å². The molecule has 0 spiro atoms. The zero-order valence-corrected chi connectivity index (χ0v) is 19.3. The summed E-state index contributed by atoms with van der Waals surface area (Å²) in [5.74, 6) is 2.10. The van der Waals surface area contributed by atoms with E-state index in [-0.39, 0.29) is 42.5 Å². The highest BCUT2D eigenvalue weighted by molar-refractivity contribution is 14.0. The van der Waals surface area contributed by atoms with Crippen molar-refractivity contribution in [2.24, 2.45) is 4.99 Å². The number of amides is 1. The van der Waals surface area contributed by atoms with Crippen molar-refractivity contribution in [3.63, 3.8) is 0 Å². The molecular weight excluding hydrogens is 495 g/mol. The Kier molecular flexibility index (Phi) is 7.78. The second-order valence-corrected chi connectivity index (χ2v) is 7.08. The number of ether oxygens (including phenoxy) is 2. The number of benzene rings is 2. The summed E-state index contributed by atoms with van der Waals surface area (Å²) in [4.78, 5) is 18.8. The number of fused-ring (bicyclic) bond motifs is 2. The minimum Gasteiger partial charge on any atom is -0.486 e. The maximum absolute atomic E-state index is 12.8. The topological polar surface area (TPSA) is 75.2 Å². The quantitative estimate of drug-likeness (QED) is 0.367. The van der Waals surface area contributed by atoms with Crippen LogP contribution in [0.15, 0.2) is 53.5 Å². The third kappa shape index (κ3) is 5.16. The van der Waals surface area contributed by atoms with E-state index in [4.69, 9.17) is 9.47 Å². The minimum atomic E-state index is -0.131. The number of hydrogen-bond donors (Lipinski definition) is 2. The van der Waals surface area contributed by atoms with Crippen molar-refractivity contribution < 1.29 is 14.3 Å². The molecule has 2 aromatic rings. The first-order chi connectivity index (χ1) is 14.2. The number of anilines is 1. The summed E-state index contributed by atoms with van der Waals surface area (Å²) in [6.45, 7) is 1.91. The second kappa shape index (κ2) is 10.5. The van der Waals surface area contributed by atoms with Gasteiger partial charge in [0.1, 0.15) is 12.7 Å². The second-order valence-electron chi connectivity index (χ2n) is 7.08. The molecule has 2 aliphatic heterocycles. The Bertz CT molecular complexity index is 905. The summed E-state index contributed by atoms with van der Waals surface area (Å²) in [5, 5.41) is 6.32. The van der Waals surface area contributed by atoms with E-state index in [2.05, 4.69) is 21.7 Å². The molecule has 160 valence electrons. The van der Waals surface area contributed by atoms with Gasteiger partial charge in [0.25, 0.3) is 0 Å². The van der Waals surface area contributed by atoms with Gasteiger partial charge < -0.3 is 25.0 Å². The Balaban J connectivity index is 0.00000256. The first kappa shape index (κ1) is 22.2. The smallest absolute Gasteiger partial charge is 0.246 e. The molecule has 0 saturated heterocycles. The van der Waals surface area contributed by atoms with E-state index in [1.165, 1.54) is 5.56 Å². The molecule has 2 heterocycles. The summed E-state index contributed by atoms with van der Waals surface area (Å²) >= 11 is 0. The fraction of sp³-hybridized carbons (Fsp3) is 0.364. The Morgan fingerprint density at radius 1 is 1.13 bits per heavy atom. The maximum atomic E-state index is 12.8. The van der Waals surface area contributed by atoms with Crippen molar-refractivity contribution in [2.75, 3.05) is 38.2 Å². The maximum Gasteiger partial charge on any atom is 0.246 e. The van der Waals surface area contributed by atoms with Gasteiger partial charge in [-0.3, -0.25) is 9.79 Å². The Morgan fingerprint density at radius 2 is 1.90 bits per heavy atom. The zero-order chi connectivity index (χ0) is 20.1. The number of aryl methyl sites for hydroxylation is 1. The standard InChI is InChI=1S/C22H26N4O3.HI/c1-23-22(24-13-17-15-28-19-10-4-5-11-20(19)29-17)25-14-21(27)26-12-6-8-16-7-2-3-9-18(16)26;/h2-5,7,9-11,17H,6,8,12-15H2,1H3,(H2,23,24,25);1H. The average molecular weight is 522 g/mol. The molecule has 0 aromatic heterocycles. The number of para-hydroxylation sites is 3. The molecule has 2 aromatic carbocycles. The van der Waals surface area contributed by atoms with Crippen LogP contribution in [0.1, 0.15) is 12.0 Å². The lowest BCUT2D eigenvalue weighted by Crippen LogP contribution is -2.49. The highest BCUT2D eigenvalue weighted by Gasteiger charge is 2.23. The van der Waals surface area contributed by atoms with Crippen molar-refractivity contribution >= 4 is 41.5 Å². The van der Waals surface area contributed by atoms with Crippen LogP contribution in [0.2, 0.25) is 0 Å². The zero-order valence-electron chi connectivity index (χ0n) is 17.0. The molecule has 0 fully saturated rings. The van der Waals surface area contributed by atoms with Gasteiger partial charge in [-0.15, -0.1) is 24.0 Å². The van der Waals surface area contributed by atoms with Crippen LogP contribution in [0.4, 0.5) is 5.69 Å². The monoisotopic (exact) mass is 522 g/mol. The number of rotatable bonds is 4. The molecule has 2 aliphatic rings. The predicted molar refractivity (Wildman–Crippen MR) is 128 cm³/mol. The van der Waals surface area contributed by atoms with E-state index in [9.17, 15) is 4.79 Å². The van der Waals surface area contributed by atoms with Gasteiger partial charge in [0.2, 0.25) is 5.91 Å². The molecule has 4 rings (SSSR count). The van der Waals surface area contributed by atoms with Gasteiger partial charge >= 0.3 is 0 Å². The highest BCUT2D eigenvalue weighted by atomic mass is 127. The van der Waals surface area contributed by atoms with Crippen molar-refractivity contribution in [3.8, 4) is 11.5 Å². The van der Waals surface area contributed by atoms with E-state index in [0.717, 1.165) is 36.6 Å². The minimum absolute atomic E-state index is 0. The Morgan fingerprint density at radius 3 is 2.73 bits per heavy atom. The van der Waals surface area contributed by atoms with Crippen molar-refractivity contribution in [1.29, 1.82) is 0 Å². The number of hydrogen-bond acceptors (Lipinski definition) is 4. The van der Waals surface area contributed by atoms with Crippen LogP contribution < -0.4 is 25.0 Å². The Hall–Kier alpha value is -2.49.